The predicted molar refractivity (Wildman–Crippen MR) is 107 cm³/mol. The maximum Gasteiger partial charge on any atom is 0.287 e. The van der Waals surface area contributed by atoms with Crippen molar-refractivity contribution in [3.05, 3.63) is 53.5 Å². The van der Waals surface area contributed by atoms with Gasteiger partial charge in [0.15, 0.2) is 5.76 Å². The summed E-state index contributed by atoms with van der Waals surface area (Å²) in [6.07, 6.45) is 1.64. The SMILES string of the molecule is Cc1oc(C(=O)NC(C)C(=O)NCc2ccccc2)cc1S(=O)(=O)N1CCCC1. The van der Waals surface area contributed by atoms with E-state index in [-0.39, 0.29) is 22.3 Å². The second kappa shape index (κ2) is 8.79. The van der Waals surface area contributed by atoms with Gasteiger partial charge in [0.2, 0.25) is 15.9 Å². The lowest BCUT2D eigenvalue weighted by molar-refractivity contribution is -0.122. The second-order valence-electron chi connectivity index (χ2n) is 7.04. The smallest absolute Gasteiger partial charge is 0.287 e. The fourth-order valence-corrected chi connectivity index (χ4v) is 4.85. The van der Waals surface area contributed by atoms with Gasteiger partial charge in [-0.05, 0) is 32.3 Å². The maximum absolute atomic E-state index is 12.7. The van der Waals surface area contributed by atoms with Gasteiger partial charge in [0, 0.05) is 25.7 Å². The van der Waals surface area contributed by atoms with Gasteiger partial charge >= 0.3 is 0 Å². The van der Waals surface area contributed by atoms with Crippen molar-refractivity contribution in [3.8, 4) is 0 Å². The quantitative estimate of drug-likeness (QED) is 0.711. The van der Waals surface area contributed by atoms with Gasteiger partial charge in [-0.2, -0.15) is 4.31 Å². The van der Waals surface area contributed by atoms with Gasteiger partial charge in [0.25, 0.3) is 5.91 Å². The number of amides is 2. The van der Waals surface area contributed by atoms with Crippen LogP contribution in [-0.4, -0.2) is 43.7 Å². The average Bonchev–Trinajstić information content (AvgIpc) is 3.37. The zero-order valence-electron chi connectivity index (χ0n) is 16.5. The molecule has 3 rings (SSSR count). The summed E-state index contributed by atoms with van der Waals surface area (Å²) in [4.78, 5) is 24.7. The fourth-order valence-electron chi connectivity index (χ4n) is 3.17. The molecule has 1 saturated heterocycles. The highest BCUT2D eigenvalue weighted by molar-refractivity contribution is 7.89. The molecule has 0 aliphatic carbocycles. The summed E-state index contributed by atoms with van der Waals surface area (Å²) in [5.41, 5.74) is 0.942. The summed E-state index contributed by atoms with van der Waals surface area (Å²) in [5, 5.41) is 5.29. The molecular weight excluding hydrogens is 394 g/mol. The Morgan fingerprint density at radius 3 is 2.48 bits per heavy atom. The van der Waals surface area contributed by atoms with Crippen LogP contribution in [0.1, 0.15) is 41.6 Å². The third-order valence-corrected chi connectivity index (χ3v) is 6.84. The van der Waals surface area contributed by atoms with Crippen LogP contribution < -0.4 is 10.6 Å². The zero-order chi connectivity index (χ0) is 21.0. The number of hydrogen-bond donors (Lipinski definition) is 2. The minimum Gasteiger partial charge on any atom is -0.455 e. The van der Waals surface area contributed by atoms with Crippen molar-refractivity contribution in [2.45, 2.75) is 44.2 Å². The summed E-state index contributed by atoms with van der Waals surface area (Å²) < 4.78 is 32.2. The molecule has 1 unspecified atom stereocenters. The molecule has 2 N–H and O–H groups in total. The monoisotopic (exact) mass is 419 g/mol. The maximum atomic E-state index is 12.7. The number of hydrogen-bond acceptors (Lipinski definition) is 5. The molecule has 1 aliphatic heterocycles. The van der Waals surface area contributed by atoms with E-state index >= 15 is 0 Å². The van der Waals surface area contributed by atoms with Crippen molar-refractivity contribution in [1.82, 2.24) is 14.9 Å². The van der Waals surface area contributed by atoms with Crippen LogP contribution >= 0.6 is 0 Å². The van der Waals surface area contributed by atoms with Crippen molar-refractivity contribution < 1.29 is 22.4 Å². The van der Waals surface area contributed by atoms with E-state index in [0.29, 0.717) is 19.6 Å². The minimum absolute atomic E-state index is 0.00858. The van der Waals surface area contributed by atoms with E-state index in [0.717, 1.165) is 18.4 Å². The summed E-state index contributed by atoms with van der Waals surface area (Å²) in [7, 11) is -3.69. The van der Waals surface area contributed by atoms with Gasteiger partial charge in [0.1, 0.15) is 16.7 Å². The van der Waals surface area contributed by atoms with Gasteiger partial charge in [-0.25, -0.2) is 8.42 Å². The Hall–Kier alpha value is -2.65. The fraction of sp³-hybridized carbons (Fsp3) is 0.400. The Morgan fingerprint density at radius 1 is 1.17 bits per heavy atom. The number of carbonyl (C=O) groups is 2. The highest BCUT2D eigenvalue weighted by atomic mass is 32.2. The van der Waals surface area contributed by atoms with Crippen LogP contribution in [0.2, 0.25) is 0 Å². The van der Waals surface area contributed by atoms with E-state index in [4.69, 9.17) is 4.42 Å². The first-order valence-corrected chi connectivity index (χ1v) is 11.0. The third-order valence-electron chi connectivity index (χ3n) is 4.83. The number of carbonyl (C=O) groups excluding carboxylic acids is 2. The van der Waals surface area contributed by atoms with E-state index in [1.165, 1.54) is 17.3 Å². The van der Waals surface area contributed by atoms with Crippen LogP contribution in [0.25, 0.3) is 0 Å². The number of nitrogens with zero attached hydrogens (tertiary/aromatic N) is 1. The van der Waals surface area contributed by atoms with Gasteiger partial charge in [-0.15, -0.1) is 0 Å². The molecule has 8 nitrogen and oxygen atoms in total. The lowest BCUT2D eigenvalue weighted by Gasteiger charge is -2.14. The number of furan rings is 1. The van der Waals surface area contributed by atoms with Crippen molar-refractivity contribution in [3.63, 3.8) is 0 Å². The molecule has 1 aliphatic rings. The zero-order valence-corrected chi connectivity index (χ0v) is 17.3. The van der Waals surface area contributed by atoms with E-state index in [9.17, 15) is 18.0 Å². The van der Waals surface area contributed by atoms with E-state index in [1.807, 2.05) is 30.3 Å². The van der Waals surface area contributed by atoms with Crippen molar-refractivity contribution in [1.29, 1.82) is 0 Å². The Balaban J connectivity index is 1.62. The highest BCUT2D eigenvalue weighted by Crippen LogP contribution is 2.26. The topological polar surface area (TPSA) is 109 Å². The molecule has 0 radical (unpaired) electrons. The van der Waals surface area contributed by atoms with Gasteiger partial charge in [-0.3, -0.25) is 9.59 Å². The average molecular weight is 420 g/mol. The van der Waals surface area contributed by atoms with Crippen molar-refractivity contribution >= 4 is 21.8 Å². The first-order valence-electron chi connectivity index (χ1n) is 9.52. The first kappa shape index (κ1) is 21.1. The number of nitrogens with one attached hydrogen (secondary N) is 2. The van der Waals surface area contributed by atoms with Gasteiger partial charge in [-0.1, -0.05) is 30.3 Å². The number of sulfonamides is 1. The summed E-state index contributed by atoms with van der Waals surface area (Å²) in [5.74, 6) is -0.972. The van der Waals surface area contributed by atoms with Crippen LogP contribution in [0.3, 0.4) is 0 Å². The molecule has 2 heterocycles. The molecular formula is C20H25N3O5S. The molecule has 29 heavy (non-hydrogen) atoms. The molecule has 1 aromatic carbocycles. The Morgan fingerprint density at radius 2 is 1.83 bits per heavy atom. The lowest BCUT2D eigenvalue weighted by atomic mass is 10.2. The molecule has 0 saturated carbocycles. The highest BCUT2D eigenvalue weighted by Gasteiger charge is 2.32. The number of aryl methyl sites for hydroxylation is 1. The molecule has 9 heteroatoms. The largest absolute Gasteiger partial charge is 0.455 e. The van der Waals surface area contributed by atoms with Gasteiger partial charge in [0.05, 0.1) is 0 Å². The van der Waals surface area contributed by atoms with Crippen LogP contribution in [0.4, 0.5) is 0 Å². The number of rotatable bonds is 7. The van der Waals surface area contributed by atoms with Crippen LogP contribution in [-0.2, 0) is 21.4 Å². The molecule has 2 amide bonds. The lowest BCUT2D eigenvalue weighted by Crippen LogP contribution is -2.44. The second-order valence-corrected chi connectivity index (χ2v) is 8.95. The molecule has 1 aromatic heterocycles. The third kappa shape index (κ3) is 4.86. The summed E-state index contributed by atoms with van der Waals surface area (Å²) >= 11 is 0. The Kier molecular flexibility index (Phi) is 6.39. The molecule has 1 fully saturated rings. The first-order chi connectivity index (χ1) is 13.8. The molecule has 2 aromatic rings. The number of benzene rings is 1. The van der Waals surface area contributed by atoms with Crippen molar-refractivity contribution in [2.75, 3.05) is 13.1 Å². The van der Waals surface area contributed by atoms with E-state index < -0.39 is 22.0 Å². The normalized spacial score (nSPS) is 15.8. The molecule has 0 bridgehead atoms. The predicted octanol–water partition coefficient (Wildman–Crippen LogP) is 1.81. The van der Waals surface area contributed by atoms with E-state index in [1.54, 1.807) is 6.92 Å². The van der Waals surface area contributed by atoms with Crippen molar-refractivity contribution in [2.24, 2.45) is 0 Å². The van der Waals surface area contributed by atoms with E-state index in [2.05, 4.69) is 10.6 Å². The molecule has 156 valence electrons. The Bertz CT molecular complexity index is 979. The van der Waals surface area contributed by atoms with Crippen LogP contribution in [0, 0.1) is 6.92 Å². The summed E-state index contributed by atoms with van der Waals surface area (Å²) in [6.45, 7) is 4.34. The standard InChI is InChI=1S/C20H25N3O5S/c1-14(19(24)21-13-16-8-4-3-5-9-16)22-20(25)17-12-18(15(2)28-17)29(26,27)23-10-6-7-11-23/h3-5,8-9,12,14H,6-7,10-11,13H2,1-2H3,(H,21,24)(H,22,25). The minimum atomic E-state index is -3.69. The molecule has 1 atom stereocenters. The Labute approximate surface area is 170 Å². The van der Waals surface area contributed by atoms with Crippen LogP contribution in [0.5, 0.6) is 0 Å². The van der Waals surface area contributed by atoms with Gasteiger partial charge < -0.3 is 15.1 Å². The van der Waals surface area contributed by atoms with Crippen LogP contribution in [0.15, 0.2) is 45.7 Å². The summed E-state index contributed by atoms with van der Waals surface area (Å²) in [6, 6.07) is 9.83. The molecule has 0 spiro atoms.